The molecule has 1 aliphatic heterocycles. The molecular formula is C14H25NO2. The number of ether oxygens (including phenoxy) is 2. The first-order valence-corrected chi connectivity index (χ1v) is 6.91. The van der Waals surface area contributed by atoms with Gasteiger partial charge in [-0.25, -0.2) is 0 Å². The number of hydrogen-bond donors (Lipinski definition) is 1. The molecule has 1 fully saturated rings. The molecule has 1 atom stereocenters. The molecule has 1 saturated carbocycles. The Morgan fingerprint density at radius 2 is 2.29 bits per heavy atom. The second-order valence-electron chi connectivity index (χ2n) is 5.15. The van der Waals surface area contributed by atoms with Gasteiger partial charge in [0, 0.05) is 7.11 Å². The van der Waals surface area contributed by atoms with E-state index in [0.717, 1.165) is 38.2 Å². The molecule has 3 heteroatoms. The van der Waals surface area contributed by atoms with E-state index in [2.05, 4.69) is 18.3 Å². The highest BCUT2D eigenvalue weighted by atomic mass is 16.5. The van der Waals surface area contributed by atoms with Crippen LogP contribution < -0.4 is 5.32 Å². The molecule has 17 heavy (non-hydrogen) atoms. The van der Waals surface area contributed by atoms with Crippen LogP contribution in [0.4, 0.5) is 0 Å². The molecule has 0 aromatic carbocycles. The molecule has 0 amide bonds. The van der Waals surface area contributed by atoms with E-state index >= 15 is 0 Å². The summed E-state index contributed by atoms with van der Waals surface area (Å²) in [7, 11) is 1.85. The van der Waals surface area contributed by atoms with Crippen LogP contribution in [0.25, 0.3) is 0 Å². The van der Waals surface area contributed by atoms with Crippen LogP contribution in [-0.2, 0) is 9.47 Å². The van der Waals surface area contributed by atoms with Gasteiger partial charge < -0.3 is 14.8 Å². The van der Waals surface area contributed by atoms with Crippen molar-refractivity contribution < 1.29 is 9.47 Å². The van der Waals surface area contributed by atoms with Crippen LogP contribution >= 0.6 is 0 Å². The summed E-state index contributed by atoms with van der Waals surface area (Å²) < 4.78 is 11.5. The lowest BCUT2D eigenvalue weighted by Gasteiger charge is -2.43. The van der Waals surface area contributed by atoms with E-state index in [9.17, 15) is 0 Å². The van der Waals surface area contributed by atoms with Crippen molar-refractivity contribution in [3.8, 4) is 0 Å². The fourth-order valence-electron chi connectivity index (χ4n) is 2.77. The number of allylic oxidation sites excluding steroid dienone is 1. The van der Waals surface area contributed by atoms with Crippen LogP contribution in [0.1, 0.15) is 45.4 Å². The Hall–Kier alpha value is -0.540. The van der Waals surface area contributed by atoms with Crippen molar-refractivity contribution in [3.05, 3.63) is 11.8 Å². The van der Waals surface area contributed by atoms with Gasteiger partial charge in [0.2, 0.25) is 0 Å². The fourth-order valence-corrected chi connectivity index (χ4v) is 2.77. The molecular weight excluding hydrogens is 214 g/mol. The maximum absolute atomic E-state index is 5.79. The highest BCUT2D eigenvalue weighted by Gasteiger charge is 2.40. The average molecular weight is 239 g/mol. The van der Waals surface area contributed by atoms with Gasteiger partial charge in [0.1, 0.15) is 5.76 Å². The Morgan fingerprint density at radius 3 is 2.76 bits per heavy atom. The molecule has 0 aromatic heterocycles. The van der Waals surface area contributed by atoms with E-state index in [1.54, 1.807) is 0 Å². The number of nitrogens with one attached hydrogen (secondary N) is 1. The molecule has 0 spiro atoms. The zero-order valence-electron chi connectivity index (χ0n) is 11.1. The minimum atomic E-state index is 0.106. The molecule has 1 aliphatic carbocycles. The van der Waals surface area contributed by atoms with E-state index in [0.29, 0.717) is 6.04 Å². The Labute approximate surface area is 105 Å². The number of likely N-dealkylation sites (N-methyl/N-ethyl adjacent to an activating group) is 1. The zero-order valence-corrected chi connectivity index (χ0v) is 11.1. The number of hydrogen-bond acceptors (Lipinski definition) is 3. The van der Waals surface area contributed by atoms with Gasteiger partial charge in [0.05, 0.1) is 18.2 Å². The van der Waals surface area contributed by atoms with Crippen molar-refractivity contribution in [1.82, 2.24) is 5.32 Å². The summed E-state index contributed by atoms with van der Waals surface area (Å²) in [4.78, 5) is 0. The lowest BCUT2D eigenvalue weighted by Crippen LogP contribution is -2.47. The van der Waals surface area contributed by atoms with Crippen molar-refractivity contribution in [3.63, 3.8) is 0 Å². The Kier molecular flexibility index (Phi) is 4.46. The Morgan fingerprint density at radius 1 is 1.47 bits per heavy atom. The fraction of sp³-hybridized carbons (Fsp3) is 0.857. The van der Waals surface area contributed by atoms with Crippen LogP contribution in [0, 0.1) is 0 Å². The summed E-state index contributed by atoms with van der Waals surface area (Å²) in [6, 6.07) is 0.334. The van der Waals surface area contributed by atoms with Gasteiger partial charge in [-0.3, -0.25) is 0 Å². The Balaban J connectivity index is 1.98. The van der Waals surface area contributed by atoms with Crippen molar-refractivity contribution in [1.29, 1.82) is 0 Å². The van der Waals surface area contributed by atoms with Gasteiger partial charge in [0.15, 0.2) is 0 Å². The molecule has 3 nitrogen and oxygen atoms in total. The molecule has 1 unspecified atom stereocenters. The van der Waals surface area contributed by atoms with E-state index in [4.69, 9.17) is 9.47 Å². The van der Waals surface area contributed by atoms with Crippen molar-refractivity contribution in [2.75, 3.05) is 20.3 Å². The van der Waals surface area contributed by atoms with Gasteiger partial charge in [-0.15, -0.1) is 0 Å². The largest absolute Gasteiger partial charge is 0.497 e. The summed E-state index contributed by atoms with van der Waals surface area (Å²) >= 11 is 0. The monoisotopic (exact) mass is 239 g/mol. The van der Waals surface area contributed by atoms with Crippen LogP contribution in [0.2, 0.25) is 0 Å². The second-order valence-corrected chi connectivity index (χ2v) is 5.15. The summed E-state index contributed by atoms with van der Waals surface area (Å²) in [5.41, 5.74) is 0.106. The van der Waals surface area contributed by atoms with Crippen molar-refractivity contribution in [2.45, 2.75) is 57.1 Å². The molecule has 1 N–H and O–H groups in total. The number of methoxy groups -OCH3 is 1. The van der Waals surface area contributed by atoms with E-state index in [1.807, 2.05) is 7.11 Å². The normalized spacial score (nSPS) is 24.5. The summed E-state index contributed by atoms with van der Waals surface area (Å²) in [6.07, 6.45) is 9.28. The molecule has 98 valence electrons. The summed E-state index contributed by atoms with van der Waals surface area (Å²) in [5.74, 6) is 1.14. The molecule has 0 aromatic rings. The second kappa shape index (κ2) is 5.87. The molecule has 0 bridgehead atoms. The molecule has 2 aliphatic rings. The third-order valence-corrected chi connectivity index (χ3v) is 4.03. The van der Waals surface area contributed by atoms with Crippen molar-refractivity contribution in [2.24, 2.45) is 0 Å². The van der Waals surface area contributed by atoms with Gasteiger partial charge in [-0.1, -0.05) is 6.92 Å². The van der Waals surface area contributed by atoms with Crippen LogP contribution in [0.5, 0.6) is 0 Å². The standard InChI is InChI=1S/C14H25NO2/c1-3-15-12(13-7-4-5-10-17-13)11-14(16-2)8-6-9-14/h7,12,15H,3-6,8-11H2,1-2H3. The van der Waals surface area contributed by atoms with Gasteiger partial charge in [-0.2, -0.15) is 0 Å². The van der Waals surface area contributed by atoms with Crippen LogP contribution in [-0.4, -0.2) is 31.9 Å². The first-order chi connectivity index (χ1) is 8.29. The topological polar surface area (TPSA) is 30.5 Å². The van der Waals surface area contributed by atoms with Gasteiger partial charge in [0.25, 0.3) is 0 Å². The quantitative estimate of drug-likeness (QED) is 0.773. The molecule has 0 saturated heterocycles. The summed E-state index contributed by atoms with van der Waals surface area (Å²) in [5, 5.41) is 3.54. The van der Waals surface area contributed by atoms with E-state index in [-0.39, 0.29) is 5.60 Å². The zero-order chi connectivity index (χ0) is 12.1. The summed E-state index contributed by atoms with van der Waals surface area (Å²) in [6.45, 7) is 4.00. The maximum Gasteiger partial charge on any atom is 0.109 e. The maximum atomic E-state index is 5.79. The minimum Gasteiger partial charge on any atom is -0.497 e. The molecule has 2 rings (SSSR count). The van der Waals surface area contributed by atoms with Gasteiger partial charge in [-0.05, 0) is 51.1 Å². The van der Waals surface area contributed by atoms with Gasteiger partial charge >= 0.3 is 0 Å². The number of rotatable bonds is 6. The predicted octanol–water partition coefficient (Wildman–Crippen LogP) is 2.62. The highest BCUT2D eigenvalue weighted by molar-refractivity contribution is 5.09. The lowest BCUT2D eigenvalue weighted by molar-refractivity contribution is -0.0842. The van der Waals surface area contributed by atoms with E-state index in [1.165, 1.54) is 19.3 Å². The first kappa shape index (κ1) is 12.9. The first-order valence-electron chi connectivity index (χ1n) is 6.91. The third-order valence-electron chi connectivity index (χ3n) is 4.03. The highest BCUT2D eigenvalue weighted by Crippen LogP contribution is 2.40. The lowest BCUT2D eigenvalue weighted by atomic mass is 9.75. The van der Waals surface area contributed by atoms with E-state index < -0.39 is 0 Å². The van der Waals surface area contributed by atoms with Crippen LogP contribution in [0.15, 0.2) is 11.8 Å². The molecule has 0 radical (unpaired) electrons. The average Bonchev–Trinajstić information content (AvgIpc) is 2.33. The minimum absolute atomic E-state index is 0.106. The SMILES string of the molecule is CCNC(CC1(OC)CCC1)C1=CCCCO1. The molecule has 1 heterocycles. The third kappa shape index (κ3) is 3.02. The van der Waals surface area contributed by atoms with Crippen LogP contribution in [0.3, 0.4) is 0 Å². The smallest absolute Gasteiger partial charge is 0.109 e. The van der Waals surface area contributed by atoms with Crippen molar-refractivity contribution >= 4 is 0 Å². The predicted molar refractivity (Wildman–Crippen MR) is 68.9 cm³/mol. The Bertz CT molecular complexity index is 266.